The van der Waals surface area contributed by atoms with Crippen molar-refractivity contribution < 1.29 is 14.1 Å². The third-order valence-corrected chi connectivity index (χ3v) is 4.17. The number of benzene rings is 3. The van der Waals surface area contributed by atoms with Crippen LogP contribution in [-0.2, 0) is 11.3 Å². The second kappa shape index (κ2) is 7.74. The Kier molecular flexibility index (Phi) is 4.83. The van der Waals surface area contributed by atoms with E-state index in [0.29, 0.717) is 17.2 Å². The molecule has 0 saturated heterocycles. The van der Waals surface area contributed by atoms with E-state index in [1.165, 1.54) is 0 Å². The number of ether oxygens (including phenoxy) is 1. The SMILES string of the molecule is O=C(COc1ccc2ccccc2c1)NCc1cc(-c2ccccc2)on1. The highest BCUT2D eigenvalue weighted by molar-refractivity contribution is 5.84. The summed E-state index contributed by atoms with van der Waals surface area (Å²) in [5.41, 5.74) is 1.61. The van der Waals surface area contributed by atoms with Gasteiger partial charge in [0.25, 0.3) is 5.91 Å². The third-order valence-electron chi connectivity index (χ3n) is 4.17. The molecule has 5 heteroatoms. The van der Waals surface area contributed by atoms with Gasteiger partial charge in [0, 0.05) is 11.6 Å². The molecule has 0 fully saturated rings. The molecule has 0 atom stereocenters. The zero-order valence-electron chi connectivity index (χ0n) is 14.6. The largest absolute Gasteiger partial charge is 0.484 e. The summed E-state index contributed by atoms with van der Waals surface area (Å²) < 4.78 is 10.9. The van der Waals surface area contributed by atoms with Gasteiger partial charge in [-0.15, -0.1) is 0 Å². The van der Waals surface area contributed by atoms with E-state index < -0.39 is 0 Å². The lowest BCUT2D eigenvalue weighted by Crippen LogP contribution is -2.28. The maximum atomic E-state index is 12.0. The van der Waals surface area contributed by atoms with E-state index in [0.717, 1.165) is 16.3 Å². The Morgan fingerprint density at radius 2 is 1.70 bits per heavy atom. The van der Waals surface area contributed by atoms with Crippen molar-refractivity contribution in [1.29, 1.82) is 0 Å². The first-order chi connectivity index (χ1) is 13.3. The molecule has 5 nitrogen and oxygen atoms in total. The second-order valence-corrected chi connectivity index (χ2v) is 6.12. The Bertz CT molecular complexity index is 1060. The van der Waals surface area contributed by atoms with E-state index in [-0.39, 0.29) is 19.1 Å². The van der Waals surface area contributed by atoms with Gasteiger partial charge in [0.05, 0.1) is 6.54 Å². The number of nitrogens with one attached hydrogen (secondary N) is 1. The summed E-state index contributed by atoms with van der Waals surface area (Å²) in [4.78, 5) is 12.0. The number of carbonyl (C=O) groups excluding carboxylic acids is 1. The van der Waals surface area contributed by atoms with E-state index in [1.807, 2.05) is 78.9 Å². The third kappa shape index (κ3) is 4.15. The first-order valence-electron chi connectivity index (χ1n) is 8.67. The first kappa shape index (κ1) is 16.8. The number of nitrogens with zero attached hydrogens (tertiary/aromatic N) is 1. The van der Waals surface area contributed by atoms with Crippen molar-refractivity contribution in [3.05, 3.63) is 84.6 Å². The Morgan fingerprint density at radius 3 is 2.56 bits per heavy atom. The van der Waals surface area contributed by atoms with Crippen LogP contribution in [0, 0.1) is 0 Å². The Hall–Kier alpha value is -3.60. The summed E-state index contributed by atoms with van der Waals surface area (Å²) >= 11 is 0. The quantitative estimate of drug-likeness (QED) is 0.561. The van der Waals surface area contributed by atoms with Gasteiger partial charge < -0.3 is 14.6 Å². The number of rotatable bonds is 6. The van der Waals surface area contributed by atoms with Gasteiger partial charge in [-0.3, -0.25) is 4.79 Å². The molecule has 4 aromatic rings. The van der Waals surface area contributed by atoms with Crippen molar-refractivity contribution in [3.63, 3.8) is 0 Å². The second-order valence-electron chi connectivity index (χ2n) is 6.12. The van der Waals surface area contributed by atoms with E-state index in [1.54, 1.807) is 0 Å². The summed E-state index contributed by atoms with van der Waals surface area (Å²) in [5, 5.41) is 8.98. The van der Waals surface area contributed by atoms with Gasteiger partial charge in [0.15, 0.2) is 12.4 Å². The maximum Gasteiger partial charge on any atom is 0.258 e. The minimum Gasteiger partial charge on any atom is -0.484 e. The smallest absolute Gasteiger partial charge is 0.258 e. The zero-order valence-corrected chi connectivity index (χ0v) is 14.6. The molecule has 3 aromatic carbocycles. The summed E-state index contributed by atoms with van der Waals surface area (Å²) in [6.07, 6.45) is 0. The minimum atomic E-state index is -0.215. The molecule has 0 bridgehead atoms. The fourth-order valence-electron chi connectivity index (χ4n) is 2.78. The van der Waals surface area contributed by atoms with Gasteiger partial charge in [0.1, 0.15) is 11.4 Å². The summed E-state index contributed by atoms with van der Waals surface area (Å²) in [5.74, 6) is 1.12. The van der Waals surface area contributed by atoms with Crippen LogP contribution in [0.2, 0.25) is 0 Å². The van der Waals surface area contributed by atoms with Crippen LogP contribution in [-0.4, -0.2) is 17.7 Å². The molecule has 0 unspecified atom stereocenters. The number of hydrogen-bond acceptors (Lipinski definition) is 4. The van der Waals surface area contributed by atoms with Crippen molar-refractivity contribution in [1.82, 2.24) is 10.5 Å². The van der Waals surface area contributed by atoms with Gasteiger partial charge in [-0.25, -0.2) is 0 Å². The molecule has 0 aliphatic heterocycles. The summed E-state index contributed by atoms with van der Waals surface area (Å²) in [7, 11) is 0. The Labute approximate surface area is 156 Å². The number of aromatic nitrogens is 1. The molecule has 1 aromatic heterocycles. The molecule has 0 saturated carbocycles. The predicted octanol–water partition coefficient (Wildman–Crippen LogP) is 4.19. The van der Waals surface area contributed by atoms with Crippen molar-refractivity contribution in [2.75, 3.05) is 6.61 Å². The summed E-state index contributed by atoms with van der Waals surface area (Å²) in [6, 6.07) is 25.3. The highest BCUT2D eigenvalue weighted by atomic mass is 16.5. The molecule has 0 spiro atoms. The molecule has 4 rings (SSSR count). The van der Waals surface area contributed by atoms with Crippen molar-refractivity contribution in [2.24, 2.45) is 0 Å². The molecule has 27 heavy (non-hydrogen) atoms. The van der Waals surface area contributed by atoms with Crippen molar-refractivity contribution in [2.45, 2.75) is 6.54 Å². The molecule has 0 aliphatic rings. The van der Waals surface area contributed by atoms with E-state index >= 15 is 0 Å². The fourth-order valence-corrected chi connectivity index (χ4v) is 2.78. The summed E-state index contributed by atoms with van der Waals surface area (Å²) in [6.45, 7) is 0.234. The van der Waals surface area contributed by atoms with Crippen LogP contribution in [0.4, 0.5) is 0 Å². The topological polar surface area (TPSA) is 64.4 Å². The molecule has 1 N–H and O–H groups in total. The van der Waals surface area contributed by atoms with Crippen LogP contribution in [0.5, 0.6) is 5.75 Å². The van der Waals surface area contributed by atoms with Crippen LogP contribution in [0.15, 0.2) is 83.4 Å². The van der Waals surface area contributed by atoms with Crippen LogP contribution in [0.1, 0.15) is 5.69 Å². The van der Waals surface area contributed by atoms with E-state index in [2.05, 4.69) is 10.5 Å². The maximum absolute atomic E-state index is 12.0. The van der Waals surface area contributed by atoms with Gasteiger partial charge in [0.2, 0.25) is 0 Å². The highest BCUT2D eigenvalue weighted by Gasteiger charge is 2.08. The average Bonchev–Trinajstić information content (AvgIpc) is 3.20. The minimum absolute atomic E-state index is 0.0538. The number of hydrogen-bond donors (Lipinski definition) is 1. The number of fused-ring (bicyclic) bond motifs is 1. The van der Waals surface area contributed by atoms with Gasteiger partial charge in [-0.2, -0.15) is 0 Å². The fraction of sp³-hybridized carbons (Fsp3) is 0.0909. The first-order valence-corrected chi connectivity index (χ1v) is 8.67. The van der Waals surface area contributed by atoms with Gasteiger partial charge in [-0.05, 0) is 22.9 Å². The van der Waals surface area contributed by atoms with Crippen molar-refractivity contribution >= 4 is 16.7 Å². The zero-order chi connectivity index (χ0) is 18.5. The Balaban J connectivity index is 1.30. The lowest BCUT2D eigenvalue weighted by Gasteiger charge is -2.07. The molecule has 134 valence electrons. The van der Waals surface area contributed by atoms with E-state index in [9.17, 15) is 4.79 Å². The number of carbonyl (C=O) groups is 1. The molecular weight excluding hydrogens is 340 g/mol. The molecule has 0 aliphatic carbocycles. The van der Waals surface area contributed by atoms with Gasteiger partial charge in [-0.1, -0.05) is 65.8 Å². The lowest BCUT2D eigenvalue weighted by atomic mass is 10.1. The van der Waals surface area contributed by atoms with Crippen LogP contribution in [0.25, 0.3) is 22.1 Å². The molecular formula is C22H18N2O3. The molecule has 1 heterocycles. The van der Waals surface area contributed by atoms with Gasteiger partial charge >= 0.3 is 0 Å². The van der Waals surface area contributed by atoms with E-state index in [4.69, 9.17) is 9.26 Å². The predicted molar refractivity (Wildman–Crippen MR) is 103 cm³/mol. The lowest BCUT2D eigenvalue weighted by molar-refractivity contribution is -0.123. The average molecular weight is 358 g/mol. The van der Waals surface area contributed by atoms with Crippen LogP contribution < -0.4 is 10.1 Å². The Morgan fingerprint density at radius 1 is 0.926 bits per heavy atom. The van der Waals surface area contributed by atoms with Crippen LogP contribution >= 0.6 is 0 Å². The normalized spacial score (nSPS) is 10.7. The standard InChI is InChI=1S/C22H18N2O3/c25-22(15-26-20-11-10-16-6-4-5-9-18(16)12-20)23-14-19-13-21(27-24-19)17-7-2-1-3-8-17/h1-13H,14-15H2,(H,23,25). The molecule has 1 amide bonds. The highest BCUT2D eigenvalue weighted by Crippen LogP contribution is 2.21. The molecule has 0 radical (unpaired) electrons. The monoisotopic (exact) mass is 358 g/mol. The van der Waals surface area contributed by atoms with Crippen molar-refractivity contribution in [3.8, 4) is 17.1 Å². The van der Waals surface area contributed by atoms with Crippen LogP contribution in [0.3, 0.4) is 0 Å². The number of amides is 1.